The smallest absolute Gasteiger partial charge is 0.264 e. The van der Waals surface area contributed by atoms with E-state index in [0.29, 0.717) is 17.8 Å². The van der Waals surface area contributed by atoms with E-state index in [0.717, 1.165) is 29.7 Å². The second-order valence-corrected chi connectivity index (χ2v) is 17.0. The molecule has 0 saturated carbocycles. The molecule has 2 saturated heterocycles. The fourth-order valence-corrected chi connectivity index (χ4v) is 10.3. The van der Waals surface area contributed by atoms with Gasteiger partial charge in [-0.1, -0.05) is 55.5 Å². The maximum absolute atomic E-state index is 14.6. The number of benzene rings is 3. The molecule has 3 aliphatic rings. The second-order valence-electron chi connectivity index (χ2n) is 13.1. The summed E-state index contributed by atoms with van der Waals surface area (Å²) in [5.41, 5.74) is 1.76. The van der Waals surface area contributed by atoms with Crippen LogP contribution in [0.4, 0.5) is 11.4 Å². The van der Waals surface area contributed by atoms with Crippen LogP contribution in [-0.2, 0) is 26.5 Å². The Kier molecular flexibility index (Phi) is 8.42. The first-order valence-electron chi connectivity index (χ1n) is 15.7. The molecule has 0 unspecified atom stereocenters. The normalized spacial score (nSPS) is 26.0. The largest absolute Gasteiger partial charge is 0.432 e. The van der Waals surface area contributed by atoms with Gasteiger partial charge in [0, 0.05) is 34.8 Å². The minimum absolute atomic E-state index is 0.0445. The van der Waals surface area contributed by atoms with Gasteiger partial charge in [-0.25, -0.2) is 0 Å². The third kappa shape index (κ3) is 5.61. The molecule has 3 aromatic rings. The SMILES string of the molecule is C[C@H]1[C@H]([Si](C)(C)O)[C@@H](CC(=O)N2CCC[C@H]2CO)O[C@]12C(=O)N(Cc1cccc(NC(=O)c3ccccc3)c1)c1ccccc12. The lowest BCUT2D eigenvalue weighted by molar-refractivity contribution is -0.150. The number of para-hydroxylation sites is 1. The molecule has 236 valence electrons. The van der Waals surface area contributed by atoms with Crippen molar-refractivity contribution >= 4 is 37.4 Å². The number of ether oxygens (including phenoxy) is 1. The van der Waals surface area contributed by atoms with Crippen LogP contribution in [0.1, 0.15) is 47.7 Å². The summed E-state index contributed by atoms with van der Waals surface area (Å²) in [5.74, 6) is -0.940. The average Bonchev–Trinajstić information content (AvgIpc) is 3.68. The number of fused-ring (bicyclic) bond motifs is 2. The minimum atomic E-state index is -2.93. The Morgan fingerprint density at radius 2 is 1.78 bits per heavy atom. The molecule has 0 aliphatic carbocycles. The summed E-state index contributed by atoms with van der Waals surface area (Å²) in [6.45, 7) is 6.41. The van der Waals surface area contributed by atoms with Crippen LogP contribution < -0.4 is 10.2 Å². The molecular formula is C35H41N3O6Si. The van der Waals surface area contributed by atoms with Crippen molar-refractivity contribution in [3.8, 4) is 0 Å². The minimum Gasteiger partial charge on any atom is -0.432 e. The van der Waals surface area contributed by atoms with E-state index in [2.05, 4.69) is 5.32 Å². The Morgan fingerprint density at radius 3 is 2.51 bits per heavy atom. The highest BCUT2D eigenvalue weighted by molar-refractivity contribution is 6.71. The van der Waals surface area contributed by atoms with Crippen molar-refractivity contribution in [1.29, 1.82) is 0 Å². The molecule has 9 nitrogen and oxygen atoms in total. The lowest BCUT2D eigenvalue weighted by Crippen LogP contribution is -2.46. The van der Waals surface area contributed by atoms with E-state index < -0.39 is 20.0 Å². The van der Waals surface area contributed by atoms with Crippen LogP contribution in [0.3, 0.4) is 0 Å². The van der Waals surface area contributed by atoms with Crippen LogP contribution in [-0.4, -0.2) is 66.1 Å². The van der Waals surface area contributed by atoms with Gasteiger partial charge in [-0.3, -0.25) is 14.4 Å². The summed E-state index contributed by atoms with van der Waals surface area (Å²) in [6.07, 6.45) is 0.996. The van der Waals surface area contributed by atoms with Gasteiger partial charge < -0.3 is 29.8 Å². The number of hydrogen-bond donors (Lipinski definition) is 3. The molecule has 0 bridgehead atoms. The highest BCUT2D eigenvalue weighted by atomic mass is 28.4. The van der Waals surface area contributed by atoms with E-state index >= 15 is 0 Å². The molecule has 45 heavy (non-hydrogen) atoms. The lowest BCUT2D eigenvalue weighted by atomic mass is 9.82. The Labute approximate surface area is 264 Å². The molecule has 5 atom stereocenters. The van der Waals surface area contributed by atoms with Crippen molar-refractivity contribution in [3.05, 3.63) is 95.6 Å². The van der Waals surface area contributed by atoms with E-state index in [1.807, 2.05) is 86.7 Å². The van der Waals surface area contributed by atoms with E-state index in [1.54, 1.807) is 21.9 Å². The third-order valence-corrected chi connectivity index (χ3v) is 12.2. The molecule has 3 aromatic carbocycles. The number of aliphatic hydroxyl groups excluding tert-OH is 1. The van der Waals surface area contributed by atoms with Gasteiger partial charge in [0.2, 0.25) is 5.91 Å². The summed E-state index contributed by atoms with van der Waals surface area (Å²) in [7, 11) is -2.93. The van der Waals surface area contributed by atoms with Crippen LogP contribution in [0.25, 0.3) is 0 Å². The molecular weight excluding hydrogens is 586 g/mol. The molecule has 0 radical (unpaired) electrons. The average molecular weight is 628 g/mol. The zero-order valence-electron chi connectivity index (χ0n) is 26.0. The molecule has 3 aliphatic heterocycles. The Bertz CT molecular complexity index is 1590. The van der Waals surface area contributed by atoms with Gasteiger partial charge in [0.05, 0.1) is 37.4 Å². The summed E-state index contributed by atoms with van der Waals surface area (Å²) in [6, 6.07) is 23.8. The van der Waals surface area contributed by atoms with Gasteiger partial charge in [-0.15, -0.1) is 0 Å². The third-order valence-electron chi connectivity index (χ3n) is 9.74. The topological polar surface area (TPSA) is 119 Å². The first-order valence-corrected chi connectivity index (χ1v) is 18.7. The molecule has 1 spiro atoms. The van der Waals surface area contributed by atoms with Gasteiger partial charge >= 0.3 is 0 Å². The van der Waals surface area contributed by atoms with Crippen molar-refractivity contribution in [3.63, 3.8) is 0 Å². The van der Waals surface area contributed by atoms with Crippen molar-refractivity contribution < 1.29 is 29.0 Å². The first-order chi connectivity index (χ1) is 21.5. The van der Waals surface area contributed by atoms with E-state index in [1.165, 1.54) is 0 Å². The van der Waals surface area contributed by atoms with Crippen molar-refractivity contribution in [2.75, 3.05) is 23.4 Å². The van der Waals surface area contributed by atoms with Gasteiger partial charge in [0.25, 0.3) is 11.8 Å². The van der Waals surface area contributed by atoms with Gasteiger partial charge in [0.1, 0.15) is 0 Å². The number of nitrogens with zero attached hydrogens (tertiary/aromatic N) is 2. The molecule has 10 heteroatoms. The number of likely N-dealkylation sites (tertiary alicyclic amines) is 1. The number of carbonyl (C=O) groups excluding carboxylic acids is 3. The molecule has 2 fully saturated rings. The fourth-order valence-electron chi connectivity index (χ4n) is 7.75. The maximum atomic E-state index is 14.6. The number of amides is 3. The molecule has 6 rings (SSSR count). The monoisotopic (exact) mass is 627 g/mol. The van der Waals surface area contributed by atoms with E-state index in [4.69, 9.17) is 4.74 Å². The van der Waals surface area contributed by atoms with Gasteiger partial charge in [-0.05, 0) is 61.8 Å². The number of anilines is 2. The Hall–Kier alpha value is -3.83. The highest BCUT2D eigenvalue weighted by Gasteiger charge is 2.66. The quantitative estimate of drug-likeness (QED) is 0.313. The summed E-state index contributed by atoms with van der Waals surface area (Å²) >= 11 is 0. The molecule has 3 N–H and O–H groups in total. The lowest BCUT2D eigenvalue weighted by Gasteiger charge is -2.32. The van der Waals surface area contributed by atoms with Crippen molar-refractivity contribution in [2.24, 2.45) is 5.92 Å². The maximum Gasteiger partial charge on any atom is 0.264 e. The first kappa shape index (κ1) is 31.2. The molecule has 0 aromatic heterocycles. The number of hydrogen-bond acceptors (Lipinski definition) is 6. The van der Waals surface area contributed by atoms with Crippen LogP contribution in [0.15, 0.2) is 78.9 Å². The standard InChI is InChI=1S/C35H41N3O6Si/c1-23-32(45(2,3)43)30(20-31(40)37-18-10-15-27(37)22-39)44-35(23)28-16-7-8-17-29(28)38(34(35)42)21-24-11-9-14-26(19-24)36-33(41)25-12-5-4-6-13-25/h4-9,11-14,16-17,19,23,27,30,32,39,43H,10,15,18,20-22H2,1-3H3,(H,36,41)/t23-,27-,30+,32-,35+/m0/s1. The highest BCUT2D eigenvalue weighted by Crippen LogP contribution is 2.59. The zero-order chi connectivity index (χ0) is 31.9. The van der Waals surface area contributed by atoms with E-state index in [-0.39, 0.29) is 54.8 Å². The molecule has 3 heterocycles. The van der Waals surface area contributed by atoms with Crippen LogP contribution >= 0.6 is 0 Å². The second kappa shape index (κ2) is 12.2. The fraction of sp³-hybridized carbons (Fsp3) is 0.400. The van der Waals surface area contributed by atoms with Crippen LogP contribution in [0.5, 0.6) is 0 Å². The number of rotatable bonds is 8. The summed E-state index contributed by atoms with van der Waals surface area (Å²) < 4.78 is 6.81. The van der Waals surface area contributed by atoms with Gasteiger partial charge in [-0.2, -0.15) is 0 Å². The van der Waals surface area contributed by atoms with E-state index in [9.17, 15) is 24.3 Å². The van der Waals surface area contributed by atoms with Crippen molar-refractivity contribution in [1.82, 2.24) is 4.90 Å². The van der Waals surface area contributed by atoms with Crippen LogP contribution in [0, 0.1) is 5.92 Å². The summed E-state index contributed by atoms with van der Waals surface area (Å²) in [5, 5.41) is 12.8. The van der Waals surface area contributed by atoms with Crippen LogP contribution in [0.2, 0.25) is 18.6 Å². The predicted molar refractivity (Wildman–Crippen MR) is 174 cm³/mol. The predicted octanol–water partition coefficient (Wildman–Crippen LogP) is 4.66. The Balaban J connectivity index is 1.29. The molecule has 3 amide bonds. The number of aliphatic hydroxyl groups is 1. The van der Waals surface area contributed by atoms with Crippen molar-refractivity contribution in [2.45, 2.75) is 69.1 Å². The van der Waals surface area contributed by atoms with Gasteiger partial charge in [0.15, 0.2) is 13.9 Å². The number of nitrogens with one attached hydrogen (secondary N) is 1. The Morgan fingerprint density at radius 1 is 1.04 bits per heavy atom. The zero-order valence-corrected chi connectivity index (χ0v) is 27.0. The summed E-state index contributed by atoms with van der Waals surface area (Å²) in [4.78, 5) is 55.9. The number of carbonyl (C=O) groups is 3.